The Hall–Kier alpha value is -0.370. The fraction of sp³-hybridized carbons (Fsp3) is 0.938. The monoisotopic (exact) mass is 256 g/mol. The van der Waals surface area contributed by atoms with Crippen molar-refractivity contribution in [2.45, 2.75) is 85.2 Å². The molecule has 3 atom stereocenters. The highest BCUT2D eigenvalue weighted by Gasteiger charge is 2.39. The first kappa shape index (κ1) is 17.6. The lowest BCUT2D eigenvalue weighted by atomic mass is 9.70. The summed E-state index contributed by atoms with van der Waals surface area (Å²) in [4.78, 5) is 11.5. The molecule has 0 aliphatic carbocycles. The summed E-state index contributed by atoms with van der Waals surface area (Å²) in [6.45, 7) is 8.45. The number of hydrogen-bond donors (Lipinski definition) is 1. The zero-order valence-electron chi connectivity index (χ0n) is 12.7. The average Bonchev–Trinajstić information content (AvgIpc) is 2.41. The van der Waals surface area contributed by atoms with Gasteiger partial charge in [-0.1, -0.05) is 59.8 Å². The zero-order valence-corrected chi connectivity index (χ0v) is 12.7. The Morgan fingerprint density at radius 3 is 2.11 bits per heavy atom. The second kappa shape index (κ2) is 9.55. The van der Waals surface area contributed by atoms with E-state index in [1.807, 2.05) is 6.92 Å². The lowest BCUT2D eigenvalue weighted by molar-refractivity contribution is -0.127. The minimum absolute atomic E-state index is 0.270. The molecule has 1 N–H and O–H groups in total. The summed E-state index contributed by atoms with van der Waals surface area (Å²) in [5.74, 6) is 0.270. The number of hydrogen-bond acceptors (Lipinski definition) is 2. The maximum atomic E-state index is 11.5. The SMILES string of the molecule is CCCCC(CC)C(O)C(C=O)(CC)CCCC. The number of carbonyl (C=O) groups excluding carboxylic acids is 1. The van der Waals surface area contributed by atoms with E-state index in [1.54, 1.807) is 0 Å². The van der Waals surface area contributed by atoms with Gasteiger partial charge in [-0.2, -0.15) is 0 Å². The van der Waals surface area contributed by atoms with E-state index in [-0.39, 0.29) is 5.92 Å². The van der Waals surface area contributed by atoms with Crippen LogP contribution in [-0.2, 0) is 4.79 Å². The molecule has 3 unspecified atom stereocenters. The van der Waals surface area contributed by atoms with E-state index in [4.69, 9.17) is 0 Å². The molecule has 0 rings (SSSR count). The van der Waals surface area contributed by atoms with Crippen LogP contribution in [0.15, 0.2) is 0 Å². The predicted molar refractivity (Wildman–Crippen MR) is 77.6 cm³/mol. The van der Waals surface area contributed by atoms with Crippen molar-refractivity contribution >= 4 is 6.29 Å². The van der Waals surface area contributed by atoms with Crippen molar-refractivity contribution < 1.29 is 9.90 Å². The first-order valence-electron chi connectivity index (χ1n) is 7.76. The zero-order chi connectivity index (χ0) is 14.0. The Kier molecular flexibility index (Phi) is 9.35. The molecule has 0 aliphatic rings. The maximum Gasteiger partial charge on any atom is 0.128 e. The molecule has 0 fully saturated rings. The molecule has 0 bridgehead atoms. The first-order chi connectivity index (χ1) is 8.61. The minimum atomic E-state index is -0.509. The van der Waals surface area contributed by atoms with Gasteiger partial charge in [-0.15, -0.1) is 0 Å². The van der Waals surface area contributed by atoms with Gasteiger partial charge in [0.2, 0.25) is 0 Å². The molecule has 108 valence electrons. The van der Waals surface area contributed by atoms with Crippen LogP contribution in [-0.4, -0.2) is 17.5 Å². The Labute approximate surface area is 113 Å². The van der Waals surface area contributed by atoms with Gasteiger partial charge < -0.3 is 9.90 Å². The summed E-state index contributed by atoms with van der Waals surface area (Å²) in [7, 11) is 0. The molecule has 0 aromatic rings. The van der Waals surface area contributed by atoms with Crippen LogP contribution in [0, 0.1) is 11.3 Å². The first-order valence-corrected chi connectivity index (χ1v) is 7.76. The number of unbranched alkanes of at least 4 members (excludes halogenated alkanes) is 2. The fourth-order valence-corrected chi connectivity index (χ4v) is 2.77. The second-order valence-electron chi connectivity index (χ2n) is 5.56. The molecular formula is C16H32O2. The van der Waals surface area contributed by atoms with E-state index < -0.39 is 11.5 Å². The summed E-state index contributed by atoms with van der Waals surface area (Å²) in [6, 6.07) is 0. The van der Waals surface area contributed by atoms with Crippen molar-refractivity contribution in [3.63, 3.8) is 0 Å². The van der Waals surface area contributed by atoms with E-state index in [2.05, 4.69) is 20.8 Å². The van der Waals surface area contributed by atoms with Crippen LogP contribution in [0.4, 0.5) is 0 Å². The molecule has 0 spiro atoms. The fourth-order valence-electron chi connectivity index (χ4n) is 2.77. The van der Waals surface area contributed by atoms with Gasteiger partial charge in [0.25, 0.3) is 0 Å². The van der Waals surface area contributed by atoms with Crippen molar-refractivity contribution in [3.05, 3.63) is 0 Å². The Morgan fingerprint density at radius 2 is 1.72 bits per heavy atom. The third-order valence-corrected chi connectivity index (χ3v) is 4.38. The molecule has 0 aromatic heterocycles. The molecule has 0 saturated heterocycles. The number of aliphatic hydroxyl groups is 1. The Balaban J connectivity index is 4.78. The van der Waals surface area contributed by atoms with Crippen LogP contribution in [0.5, 0.6) is 0 Å². The number of aldehydes is 1. The number of aliphatic hydroxyl groups excluding tert-OH is 1. The van der Waals surface area contributed by atoms with Gasteiger partial charge in [0.1, 0.15) is 6.29 Å². The molecule has 0 radical (unpaired) electrons. The topological polar surface area (TPSA) is 37.3 Å². The summed E-state index contributed by atoms with van der Waals surface area (Å²) in [6.07, 6.45) is 8.53. The van der Waals surface area contributed by atoms with Gasteiger partial charge >= 0.3 is 0 Å². The molecule has 2 heteroatoms. The molecular weight excluding hydrogens is 224 g/mol. The summed E-state index contributed by atoms with van der Waals surface area (Å²) >= 11 is 0. The normalized spacial score (nSPS) is 18.1. The molecule has 0 amide bonds. The lowest BCUT2D eigenvalue weighted by Gasteiger charge is -2.37. The lowest BCUT2D eigenvalue weighted by Crippen LogP contribution is -2.41. The van der Waals surface area contributed by atoms with Crippen molar-refractivity contribution in [2.75, 3.05) is 0 Å². The molecule has 0 heterocycles. The number of rotatable bonds is 11. The van der Waals surface area contributed by atoms with E-state index in [0.717, 1.165) is 57.7 Å². The van der Waals surface area contributed by atoms with E-state index >= 15 is 0 Å². The third kappa shape index (κ3) is 4.72. The van der Waals surface area contributed by atoms with Crippen LogP contribution in [0.3, 0.4) is 0 Å². The summed E-state index contributed by atoms with van der Waals surface area (Å²) < 4.78 is 0. The van der Waals surface area contributed by atoms with Crippen LogP contribution in [0.25, 0.3) is 0 Å². The predicted octanol–water partition coefficient (Wildman–Crippen LogP) is 4.35. The van der Waals surface area contributed by atoms with Crippen LogP contribution < -0.4 is 0 Å². The molecule has 18 heavy (non-hydrogen) atoms. The summed E-state index contributed by atoms with van der Waals surface area (Å²) in [5, 5.41) is 10.6. The van der Waals surface area contributed by atoms with Crippen LogP contribution in [0.1, 0.15) is 79.1 Å². The van der Waals surface area contributed by atoms with Crippen molar-refractivity contribution in [3.8, 4) is 0 Å². The van der Waals surface area contributed by atoms with Gasteiger partial charge in [0.15, 0.2) is 0 Å². The maximum absolute atomic E-state index is 11.5. The second-order valence-corrected chi connectivity index (χ2v) is 5.56. The largest absolute Gasteiger partial charge is 0.392 e. The Bertz CT molecular complexity index is 215. The van der Waals surface area contributed by atoms with Crippen molar-refractivity contribution in [1.29, 1.82) is 0 Å². The third-order valence-electron chi connectivity index (χ3n) is 4.38. The molecule has 0 aromatic carbocycles. The van der Waals surface area contributed by atoms with Crippen molar-refractivity contribution in [2.24, 2.45) is 11.3 Å². The highest BCUT2D eigenvalue weighted by molar-refractivity contribution is 5.60. The van der Waals surface area contributed by atoms with Gasteiger partial charge in [-0.25, -0.2) is 0 Å². The standard InChI is InChI=1S/C16H32O2/c1-5-9-11-14(7-3)15(18)16(8-4,13-17)12-10-6-2/h13-15,18H,5-12H2,1-4H3. The van der Waals surface area contributed by atoms with E-state index in [1.165, 1.54) is 0 Å². The summed E-state index contributed by atoms with van der Waals surface area (Å²) in [5.41, 5.74) is -0.509. The van der Waals surface area contributed by atoms with Gasteiger partial charge in [0.05, 0.1) is 11.5 Å². The van der Waals surface area contributed by atoms with E-state index in [0.29, 0.717) is 0 Å². The van der Waals surface area contributed by atoms with Crippen LogP contribution >= 0.6 is 0 Å². The number of carbonyl (C=O) groups is 1. The average molecular weight is 256 g/mol. The smallest absolute Gasteiger partial charge is 0.128 e. The quantitative estimate of drug-likeness (QED) is 0.558. The molecule has 2 nitrogen and oxygen atoms in total. The highest BCUT2D eigenvalue weighted by atomic mass is 16.3. The van der Waals surface area contributed by atoms with Crippen molar-refractivity contribution in [1.82, 2.24) is 0 Å². The van der Waals surface area contributed by atoms with Gasteiger partial charge in [0, 0.05) is 0 Å². The Morgan fingerprint density at radius 1 is 1.11 bits per heavy atom. The van der Waals surface area contributed by atoms with Gasteiger partial charge in [-0.3, -0.25) is 0 Å². The minimum Gasteiger partial charge on any atom is -0.392 e. The molecule has 0 saturated carbocycles. The highest BCUT2D eigenvalue weighted by Crippen LogP contribution is 2.37. The van der Waals surface area contributed by atoms with Gasteiger partial charge in [-0.05, 0) is 25.2 Å². The van der Waals surface area contributed by atoms with E-state index in [9.17, 15) is 9.90 Å². The van der Waals surface area contributed by atoms with Crippen LogP contribution in [0.2, 0.25) is 0 Å². The molecule has 0 aliphatic heterocycles.